The van der Waals surface area contributed by atoms with Crippen molar-refractivity contribution in [2.24, 2.45) is 7.05 Å². The van der Waals surface area contributed by atoms with Crippen LogP contribution in [0.15, 0.2) is 42.6 Å². The van der Waals surface area contributed by atoms with Gasteiger partial charge in [-0.3, -0.25) is 14.3 Å². The molecule has 2 aliphatic heterocycles. The quantitative estimate of drug-likeness (QED) is 0.821. The van der Waals surface area contributed by atoms with E-state index >= 15 is 0 Å². The summed E-state index contributed by atoms with van der Waals surface area (Å²) in [5.41, 5.74) is 1.63. The van der Waals surface area contributed by atoms with Gasteiger partial charge in [-0.05, 0) is 37.3 Å². The summed E-state index contributed by atoms with van der Waals surface area (Å²) in [7, 11) is 1.82. The van der Waals surface area contributed by atoms with Crippen LogP contribution in [0.25, 0.3) is 0 Å². The predicted molar refractivity (Wildman–Crippen MR) is 102 cm³/mol. The molecule has 3 atom stereocenters. The highest BCUT2D eigenvalue weighted by molar-refractivity contribution is 5.92. The zero-order valence-electron chi connectivity index (χ0n) is 15.9. The Kier molecular flexibility index (Phi) is 4.72. The lowest BCUT2D eigenvalue weighted by Crippen LogP contribution is -2.47. The van der Waals surface area contributed by atoms with E-state index < -0.39 is 0 Å². The van der Waals surface area contributed by atoms with Crippen LogP contribution in [0.3, 0.4) is 0 Å². The molecule has 2 fully saturated rings. The van der Waals surface area contributed by atoms with Crippen LogP contribution in [0.5, 0.6) is 0 Å². The fourth-order valence-electron chi connectivity index (χ4n) is 4.74. The summed E-state index contributed by atoms with van der Waals surface area (Å²) in [6, 6.07) is 12.1. The van der Waals surface area contributed by atoms with Crippen LogP contribution in [0.4, 0.5) is 0 Å². The highest BCUT2D eigenvalue weighted by Gasteiger charge is 2.47. The Balaban J connectivity index is 1.68. The summed E-state index contributed by atoms with van der Waals surface area (Å²) in [5.74, 6) is 0.0631. The van der Waals surface area contributed by atoms with Gasteiger partial charge in [0.25, 0.3) is 5.91 Å². The van der Waals surface area contributed by atoms with Crippen molar-refractivity contribution in [1.82, 2.24) is 19.6 Å². The van der Waals surface area contributed by atoms with E-state index in [1.807, 2.05) is 35.0 Å². The molecular weight excluding hydrogens is 340 g/mol. The molecule has 0 saturated carbocycles. The van der Waals surface area contributed by atoms with Crippen molar-refractivity contribution in [3.63, 3.8) is 0 Å². The third kappa shape index (κ3) is 3.24. The van der Waals surface area contributed by atoms with Crippen molar-refractivity contribution < 1.29 is 9.59 Å². The van der Waals surface area contributed by atoms with Gasteiger partial charge >= 0.3 is 0 Å². The van der Waals surface area contributed by atoms with Crippen LogP contribution in [0.2, 0.25) is 0 Å². The number of carbonyl (C=O) groups excluding carboxylic acids is 2. The molecule has 6 heteroatoms. The van der Waals surface area contributed by atoms with Crippen LogP contribution in [0, 0.1) is 0 Å². The number of aromatic nitrogens is 2. The van der Waals surface area contributed by atoms with Crippen LogP contribution in [-0.2, 0) is 11.8 Å². The van der Waals surface area contributed by atoms with E-state index in [2.05, 4.69) is 17.2 Å². The minimum absolute atomic E-state index is 0.0234. The SMILES string of the molecule is CC(=O)N1[C@H](c2ccccc2)C[C@@H]2[C@@H]1CCCCN2C(=O)c1ccn(C)n1. The van der Waals surface area contributed by atoms with Crippen LogP contribution < -0.4 is 0 Å². The number of likely N-dealkylation sites (tertiary alicyclic amines) is 2. The number of carbonyl (C=O) groups is 2. The van der Waals surface area contributed by atoms with Crippen molar-refractivity contribution in [2.45, 2.75) is 50.7 Å². The first-order chi connectivity index (χ1) is 13.1. The first-order valence-corrected chi connectivity index (χ1v) is 9.70. The van der Waals surface area contributed by atoms with E-state index in [1.54, 1.807) is 23.9 Å². The van der Waals surface area contributed by atoms with Gasteiger partial charge in [0.1, 0.15) is 5.69 Å². The fraction of sp³-hybridized carbons (Fsp3) is 0.476. The maximum atomic E-state index is 13.2. The lowest BCUT2D eigenvalue weighted by Gasteiger charge is -2.33. The molecule has 142 valence electrons. The highest BCUT2D eigenvalue weighted by Crippen LogP contribution is 2.42. The zero-order chi connectivity index (χ0) is 19.0. The molecule has 27 heavy (non-hydrogen) atoms. The fourth-order valence-corrected chi connectivity index (χ4v) is 4.74. The Hall–Kier alpha value is -2.63. The summed E-state index contributed by atoms with van der Waals surface area (Å²) in [6.07, 6.45) is 5.52. The number of nitrogens with zero attached hydrogens (tertiary/aromatic N) is 4. The topological polar surface area (TPSA) is 58.4 Å². The number of aryl methyl sites for hydroxylation is 1. The molecule has 2 aliphatic rings. The summed E-state index contributed by atoms with van der Waals surface area (Å²) >= 11 is 0. The van der Waals surface area contributed by atoms with Gasteiger partial charge in [-0.25, -0.2) is 0 Å². The third-order valence-corrected chi connectivity index (χ3v) is 5.89. The maximum Gasteiger partial charge on any atom is 0.274 e. The number of hydrogen-bond acceptors (Lipinski definition) is 3. The molecule has 0 N–H and O–H groups in total. The number of hydrogen-bond donors (Lipinski definition) is 0. The van der Waals surface area contributed by atoms with E-state index in [4.69, 9.17) is 0 Å². The molecule has 1 aromatic heterocycles. The maximum absolute atomic E-state index is 13.2. The van der Waals surface area contributed by atoms with Crippen molar-refractivity contribution in [3.8, 4) is 0 Å². The molecule has 4 rings (SSSR count). The van der Waals surface area contributed by atoms with E-state index in [0.717, 1.165) is 37.8 Å². The minimum atomic E-state index is -0.0234. The first kappa shape index (κ1) is 17.8. The summed E-state index contributed by atoms with van der Waals surface area (Å²) in [6.45, 7) is 2.37. The Morgan fingerprint density at radius 3 is 2.52 bits per heavy atom. The molecule has 0 bridgehead atoms. The van der Waals surface area contributed by atoms with Gasteiger partial charge in [0.2, 0.25) is 5.91 Å². The summed E-state index contributed by atoms with van der Waals surface area (Å²) in [5, 5.41) is 4.31. The summed E-state index contributed by atoms with van der Waals surface area (Å²) < 4.78 is 1.66. The van der Waals surface area contributed by atoms with E-state index in [-0.39, 0.29) is 29.9 Å². The average molecular weight is 366 g/mol. The standard InChI is InChI=1S/C21H26N4O2/c1-15(26)25-18-10-6-7-12-24(21(27)17-11-13-23(2)22-17)20(18)14-19(25)16-8-4-3-5-9-16/h3-5,8-9,11,13,18-20H,6-7,10,12,14H2,1-2H3/t18-,19-,20+/m0/s1. The van der Waals surface area contributed by atoms with E-state index in [9.17, 15) is 9.59 Å². The van der Waals surface area contributed by atoms with Gasteiger partial charge in [0.05, 0.1) is 18.1 Å². The van der Waals surface area contributed by atoms with Crippen LogP contribution >= 0.6 is 0 Å². The first-order valence-electron chi connectivity index (χ1n) is 9.70. The molecule has 1 aromatic carbocycles. The highest BCUT2D eigenvalue weighted by atomic mass is 16.2. The number of rotatable bonds is 2. The molecular formula is C21H26N4O2. The number of fused-ring (bicyclic) bond motifs is 1. The molecule has 0 unspecified atom stereocenters. The third-order valence-electron chi connectivity index (χ3n) is 5.89. The molecule has 2 amide bonds. The van der Waals surface area contributed by atoms with Gasteiger partial charge in [-0.2, -0.15) is 5.10 Å². The Bertz CT molecular complexity index is 832. The number of amides is 2. The molecule has 2 aromatic rings. The van der Waals surface area contributed by atoms with Crippen molar-refractivity contribution in [1.29, 1.82) is 0 Å². The largest absolute Gasteiger partial charge is 0.332 e. The molecule has 2 saturated heterocycles. The molecule has 0 spiro atoms. The van der Waals surface area contributed by atoms with Gasteiger partial charge in [0.15, 0.2) is 0 Å². The lowest BCUT2D eigenvalue weighted by molar-refractivity contribution is -0.132. The van der Waals surface area contributed by atoms with Gasteiger partial charge in [-0.15, -0.1) is 0 Å². The van der Waals surface area contributed by atoms with Gasteiger partial charge in [0, 0.05) is 26.7 Å². The summed E-state index contributed by atoms with van der Waals surface area (Å²) in [4.78, 5) is 29.7. The minimum Gasteiger partial charge on any atom is -0.332 e. The molecule has 0 aliphatic carbocycles. The smallest absolute Gasteiger partial charge is 0.274 e. The Morgan fingerprint density at radius 1 is 1.07 bits per heavy atom. The van der Waals surface area contributed by atoms with E-state index in [1.165, 1.54) is 0 Å². The van der Waals surface area contributed by atoms with Gasteiger partial charge in [-0.1, -0.05) is 30.3 Å². The number of benzene rings is 1. The second kappa shape index (κ2) is 7.18. The monoisotopic (exact) mass is 366 g/mol. The van der Waals surface area contributed by atoms with Crippen molar-refractivity contribution in [3.05, 3.63) is 53.9 Å². The molecule has 3 heterocycles. The molecule has 0 radical (unpaired) electrons. The Labute approximate surface area is 159 Å². The van der Waals surface area contributed by atoms with Gasteiger partial charge < -0.3 is 9.80 Å². The van der Waals surface area contributed by atoms with Crippen LogP contribution in [-0.4, -0.2) is 50.0 Å². The van der Waals surface area contributed by atoms with Crippen LogP contribution in [0.1, 0.15) is 54.7 Å². The Morgan fingerprint density at radius 2 is 1.85 bits per heavy atom. The normalized spacial score (nSPS) is 25.2. The lowest BCUT2D eigenvalue weighted by atomic mass is 10.0. The molecule has 6 nitrogen and oxygen atoms in total. The van der Waals surface area contributed by atoms with E-state index in [0.29, 0.717) is 5.69 Å². The predicted octanol–water partition coefficient (Wildman–Crippen LogP) is 2.78. The van der Waals surface area contributed by atoms with Crippen molar-refractivity contribution in [2.75, 3.05) is 6.54 Å². The average Bonchev–Trinajstić information content (AvgIpc) is 3.20. The van der Waals surface area contributed by atoms with Crippen molar-refractivity contribution >= 4 is 11.8 Å². The second-order valence-corrected chi connectivity index (χ2v) is 7.59. The zero-order valence-corrected chi connectivity index (χ0v) is 15.9. The second-order valence-electron chi connectivity index (χ2n) is 7.59.